The Kier molecular flexibility index (Phi) is 8.80. The third kappa shape index (κ3) is 4.88. The first-order chi connectivity index (χ1) is 10.1. The average Bonchev–Trinajstić information content (AvgIpc) is 2.44. The van der Waals surface area contributed by atoms with Gasteiger partial charge in [0.15, 0.2) is 0 Å². The molecule has 1 aromatic rings. The van der Waals surface area contributed by atoms with Gasteiger partial charge in [-0.15, -0.1) is 0 Å². The van der Waals surface area contributed by atoms with Gasteiger partial charge in [-0.1, -0.05) is 37.2 Å². The summed E-state index contributed by atoms with van der Waals surface area (Å²) in [5.74, 6) is 0.0566. The third-order valence-corrected chi connectivity index (χ3v) is 4.64. The van der Waals surface area contributed by atoms with E-state index in [9.17, 15) is 4.79 Å². The summed E-state index contributed by atoms with van der Waals surface area (Å²) >= 11 is 0. The number of carbonyl (C=O) groups is 1. The Hall–Kier alpha value is 0.767. The molecule has 2 fully saturated rings. The van der Waals surface area contributed by atoms with E-state index in [2.05, 4.69) is 7.85 Å². The van der Waals surface area contributed by atoms with E-state index in [0.717, 1.165) is 31.2 Å². The first-order valence-electron chi connectivity index (χ1n) is 7.67. The molecule has 1 spiro atoms. The molecular weight excluding hydrogens is 394 g/mol. The monoisotopic (exact) mass is 418 g/mol. The van der Waals surface area contributed by atoms with Gasteiger partial charge in [-0.05, 0) is 43.6 Å². The largest absolute Gasteiger partial charge is 0.458 e. The predicted octanol–water partition coefficient (Wildman–Crippen LogP) is 2.63. The van der Waals surface area contributed by atoms with Gasteiger partial charge in [-0.2, -0.15) is 0 Å². The van der Waals surface area contributed by atoms with Gasteiger partial charge in [0.05, 0.1) is 13.8 Å². The van der Waals surface area contributed by atoms with Crippen molar-refractivity contribution in [1.82, 2.24) is 0 Å². The molecule has 3 nitrogen and oxygen atoms in total. The van der Waals surface area contributed by atoms with Crippen LogP contribution in [0, 0.1) is 11.3 Å². The Labute approximate surface area is 194 Å². The first kappa shape index (κ1) is 20.8. The molecule has 2 aliphatic carbocycles. The van der Waals surface area contributed by atoms with Crippen LogP contribution in [0.4, 0.5) is 0 Å². The fourth-order valence-corrected chi connectivity index (χ4v) is 3.60. The van der Waals surface area contributed by atoms with Crippen LogP contribution in [0.5, 0.6) is 0 Å². The standard InChI is InChI=1S/C16H21NO2.CH3B.Cs/c1-11(12-5-3-2-4-6-12)19-15(18)13-7-16(8-13)9-14(17)10-16;1-2;/h2-6,11,13-14H,7-10,17H2,1H3;1H3;/t11-,13?,14?,16?;;/m0../s1. The van der Waals surface area contributed by atoms with E-state index >= 15 is 0 Å². The topological polar surface area (TPSA) is 52.3 Å². The number of ether oxygens (including phenoxy) is 1. The van der Waals surface area contributed by atoms with Gasteiger partial charge < -0.3 is 10.5 Å². The van der Waals surface area contributed by atoms with Crippen molar-refractivity contribution in [2.45, 2.75) is 51.6 Å². The van der Waals surface area contributed by atoms with Gasteiger partial charge in [0.2, 0.25) is 0 Å². The molecule has 0 heterocycles. The Morgan fingerprint density at radius 1 is 1.23 bits per heavy atom. The summed E-state index contributed by atoms with van der Waals surface area (Å²) in [4.78, 5) is 12.1. The Bertz CT molecular complexity index is 469. The molecule has 0 aliphatic heterocycles. The maximum atomic E-state index is 12.1. The quantitative estimate of drug-likeness (QED) is 0.607. The number of nitrogens with two attached hydrogens (primary N) is 1. The fraction of sp³-hybridized carbons (Fsp3) is 0.588. The minimum Gasteiger partial charge on any atom is -0.458 e. The molecule has 2 N–H and O–H groups in total. The van der Waals surface area contributed by atoms with Crippen molar-refractivity contribution in [3.05, 3.63) is 35.9 Å². The summed E-state index contributed by atoms with van der Waals surface area (Å²) in [6, 6.07) is 10.2. The first-order valence-corrected chi connectivity index (χ1v) is 7.67. The number of hydrogen-bond acceptors (Lipinski definition) is 3. The van der Waals surface area contributed by atoms with Crippen molar-refractivity contribution >= 4 is 82.7 Å². The van der Waals surface area contributed by atoms with E-state index in [1.54, 1.807) is 0 Å². The van der Waals surface area contributed by atoms with Gasteiger partial charge in [0.1, 0.15) is 6.10 Å². The van der Waals surface area contributed by atoms with Gasteiger partial charge in [0, 0.05) is 74.9 Å². The van der Waals surface area contributed by atoms with E-state index in [1.807, 2.05) is 37.3 Å². The normalized spacial score (nSPS) is 29.8. The smallest absolute Gasteiger partial charge is 0.309 e. The summed E-state index contributed by atoms with van der Waals surface area (Å²) in [6.07, 6.45) is 3.96. The number of benzene rings is 1. The molecule has 3 rings (SSSR count). The molecule has 2 saturated carbocycles. The minimum absolute atomic E-state index is 0. The third-order valence-electron chi connectivity index (χ3n) is 4.64. The van der Waals surface area contributed by atoms with Gasteiger partial charge in [-0.25, -0.2) is 0 Å². The van der Waals surface area contributed by atoms with Gasteiger partial charge in [0.25, 0.3) is 0 Å². The molecular formula is C17H24BCsNO2. The van der Waals surface area contributed by atoms with Crippen LogP contribution in [-0.4, -0.2) is 88.8 Å². The van der Waals surface area contributed by atoms with Crippen molar-refractivity contribution in [1.29, 1.82) is 0 Å². The molecule has 0 bridgehead atoms. The van der Waals surface area contributed by atoms with Crippen molar-refractivity contribution < 1.29 is 9.53 Å². The average molecular weight is 418 g/mol. The fourth-order valence-electron chi connectivity index (χ4n) is 3.60. The zero-order chi connectivity index (χ0) is 15.5. The van der Waals surface area contributed by atoms with Crippen LogP contribution in [0.2, 0.25) is 6.82 Å². The molecule has 1 aromatic carbocycles. The molecule has 3 radical (unpaired) electrons. The van der Waals surface area contributed by atoms with Crippen LogP contribution in [0.15, 0.2) is 30.3 Å². The van der Waals surface area contributed by atoms with Crippen LogP contribution >= 0.6 is 0 Å². The van der Waals surface area contributed by atoms with Crippen molar-refractivity contribution in [2.24, 2.45) is 17.1 Å². The number of rotatable bonds is 3. The van der Waals surface area contributed by atoms with Gasteiger partial charge >= 0.3 is 5.97 Å². The molecule has 2 aliphatic rings. The van der Waals surface area contributed by atoms with Gasteiger partial charge in [-0.3, -0.25) is 4.79 Å². The second-order valence-electron chi connectivity index (χ2n) is 6.26. The molecule has 113 valence electrons. The zero-order valence-corrected chi connectivity index (χ0v) is 20.2. The van der Waals surface area contributed by atoms with E-state index in [0.29, 0.717) is 11.5 Å². The Morgan fingerprint density at radius 2 is 1.77 bits per heavy atom. The number of hydrogen-bond donors (Lipinski definition) is 1. The minimum atomic E-state index is -0.158. The van der Waals surface area contributed by atoms with Crippen LogP contribution < -0.4 is 5.73 Å². The zero-order valence-electron chi connectivity index (χ0n) is 13.9. The second-order valence-corrected chi connectivity index (χ2v) is 6.26. The van der Waals surface area contributed by atoms with E-state index in [1.165, 1.54) is 6.82 Å². The molecule has 5 heteroatoms. The molecule has 0 unspecified atom stereocenters. The van der Waals surface area contributed by atoms with E-state index < -0.39 is 0 Å². The summed E-state index contributed by atoms with van der Waals surface area (Å²) in [6.45, 7) is 3.43. The molecule has 22 heavy (non-hydrogen) atoms. The number of carbonyl (C=O) groups excluding carboxylic acids is 1. The summed E-state index contributed by atoms with van der Waals surface area (Å²) in [5, 5.41) is 0. The Morgan fingerprint density at radius 3 is 2.27 bits per heavy atom. The SMILES string of the molecule is C[C@H](OC(=O)C1CC2(CC(N)C2)C1)c1ccccc1.[B]C.[Cs]. The van der Waals surface area contributed by atoms with Crippen LogP contribution in [0.1, 0.15) is 44.3 Å². The van der Waals surface area contributed by atoms with Crippen molar-refractivity contribution in [3.63, 3.8) is 0 Å². The van der Waals surface area contributed by atoms with Crippen LogP contribution in [0.3, 0.4) is 0 Å². The predicted molar refractivity (Wildman–Crippen MR) is 90.7 cm³/mol. The van der Waals surface area contributed by atoms with Crippen LogP contribution in [0.25, 0.3) is 0 Å². The number of esters is 1. The summed E-state index contributed by atoms with van der Waals surface area (Å²) < 4.78 is 5.56. The maximum Gasteiger partial charge on any atom is 0.309 e. The van der Waals surface area contributed by atoms with E-state index in [4.69, 9.17) is 10.5 Å². The molecule has 1 atom stereocenters. The second kappa shape index (κ2) is 9.30. The molecule has 0 aromatic heterocycles. The summed E-state index contributed by atoms with van der Waals surface area (Å²) in [5.41, 5.74) is 7.27. The molecule has 0 amide bonds. The van der Waals surface area contributed by atoms with Crippen LogP contribution in [-0.2, 0) is 9.53 Å². The van der Waals surface area contributed by atoms with Crippen molar-refractivity contribution in [2.75, 3.05) is 0 Å². The van der Waals surface area contributed by atoms with E-state index in [-0.39, 0.29) is 86.9 Å². The molecule has 0 saturated heterocycles. The summed E-state index contributed by atoms with van der Waals surface area (Å²) in [7, 11) is 4.50. The Balaban J connectivity index is 0.000000775. The maximum absolute atomic E-state index is 12.1. The van der Waals surface area contributed by atoms with Crippen molar-refractivity contribution in [3.8, 4) is 0 Å².